The lowest BCUT2D eigenvalue weighted by atomic mass is 10.1. The molecule has 7 nitrogen and oxygen atoms in total. The van der Waals surface area contributed by atoms with Gasteiger partial charge in [0.05, 0.1) is 23.1 Å². The minimum absolute atomic E-state index is 0.111. The molecule has 3 aromatic heterocycles. The maximum absolute atomic E-state index is 13.6. The molecule has 0 spiro atoms. The van der Waals surface area contributed by atoms with E-state index in [-0.39, 0.29) is 5.91 Å². The van der Waals surface area contributed by atoms with Gasteiger partial charge in [0.1, 0.15) is 0 Å². The third kappa shape index (κ3) is 4.07. The molecule has 2 saturated carbocycles. The smallest absolute Gasteiger partial charge is 0.257 e. The van der Waals surface area contributed by atoms with Crippen molar-refractivity contribution in [1.82, 2.24) is 29.5 Å². The first kappa shape index (κ1) is 21.9. The van der Waals surface area contributed by atoms with Crippen LogP contribution in [0.1, 0.15) is 70.2 Å². The summed E-state index contributed by atoms with van der Waals surface area (Å²) in [6, 6.07) is 4.85. The Hall–Kier alpha value is -2.58. The Balaban J connectivity index is 1.26. The van der Waals surface area contributed by atoms with Crippen molar-refractivity contribution in [2.24, 2.45) is 0 Å². The van der Waals surface area contributed by atoms with E-state index >= 15 is 0 Å². The van der Waals surface area contributed by atoms with E-state index in [0.29, 0.717) is 11.9 Å². The van der Waals surface area contributed by atoms with Crippen molar-refractivity contribution in [2.75, 3.05) is 26.2 Å². The van der Waals surface area contributed by atoms with Gasteiger partial charge in [-0.3, -0.25) is 9.69 Å². The van der Waals surface area contributed by atoms with Crippen molar-refractivity contribution in [2.45, 2.75) is 64.3 Å². The molecule has 1 aliphatic heterocycles. The molecule has 34 heavy (non-hydrogen) atoms. The van der Waals surface area contributed by atoms with Crippen LogP contribution < -0.4 is 0 Å². The number of rotatable bonds is 5. The number of piperazine rings is 1. The Morgan fingerprint density at radius 3 is 2.50 bits per heavy atom. The summed E-state index contributed by atoms with van der Waals surface area (Å²) in [6.07, 6.45) is 11.0. The van der Waals surface area contributed by atoms with E-state index in [1.165, 1.54) is 35.4 Å². The SMILES string of the molecule is Cc1cc(-c2ccnc(-n3ncc(C(=O)N4CCN(C5CCCC5)CC4)c3C3CC3)n2)c(C)s1. The Labute approximate surface area is 204 Å². The third-order valence-electron chi connectivity index (χ3n) is 7.59. The maximum Gasteiger partial charge on any atom is 0.257 e. The molecule has 1 saturated heterocycles. The number of amides is 1. The summed E-state index contributed by atoms with van der Waals surface area (Å²) in [4.78, 5) is 30.1. The Kier molecular flexibility index (Phi) is 5.73. The van der Waals surface area contributed by atoms with Crippen LogP contribution in [0, 0.1) is 13.8 Å². The topological polar surface area (TPSA) is 67.2 Å². The lowest BCUT2D eigenvalue weighted by Gasteiger charge is -2.38. The molecule has 3 aromatic rings. The highest BCUT2D eigenvalue weighted by atomic mass is 32.1. The molecular weight excluding hydrogens is 444 g/mol. The van der Waals surface area contributed by atoms with Gasteiger partial charge < -0.3 is 4.90 Å². The van der Waals surface area contributed by atoms with Gasteiger partial charge in [-0.15, -0.1) is 11.3 Å². The zero-order chi connectivity index (χ0) is 23.2. The lowest BCUT2D eigenvalue weighted by molar-refractivity contribution is 0.0572. The van der Waals surface area contributed by atoms with Crippen molar-refractivity contribution in [3.63, 3.8) is 0 Å². The highest BCUT2D eigenvalue weighted by Crippen LogP contribution is 2.42. The minimum Gasteiger partial charge on any atom is -0.336 e. The molecule has 0 radical (unpaired) electrons. The average Bonchev–Trinajstić information content (AvgIpc) is 3.23. The summed E-state index contributed by atoms with van der Waals surface area (Å²) in [5.41, 5.74) is 3.76. The largest absolute Gasteiger partial charge is 0.336 e. The molecule has 1 amide bonds. The zero-order valence-electron chi connectivity index (χ0n) is 20.0. The molecule has 0 atom stereocenters. The number of carbonyl (C=O) groups excluding carboxylic acids is 1. The molecule has 3 fully saturated rings. The van der Waals surface area contributed by atoms with Crippen LogP contribution in [0.15, 0.2) is 24.5 Å². The second-order valence-corrected chi connectivity index (χ2v) is 11.4. The number of hydrogen-bond acceptors (Lipinski definition) is 6. The lowest BCUT2D eigenvalue weighted by Crippen LogP contribution is -2.51. The van der Waals surface area contributed by atoms with Crippen molar-refractivity contribution < 1.29 is 4.79 Å². The maximum atomic E-state index is 13.6. The molecular formula is C26H32N6OS. The van der Waals surface area contributed by atoms with Gasteiger partial charge >= 0.3 is 0 Å². The number of aromatic nitrogens is 4. The van der Waals surface area contributed by atoms with Gasteiger partial charge in [0.25, 0.3) is 11.9 Å². The van der Waals surface area contributed by atoms with Crippen molar-refractivity contribution in [3.8, 4) is 17.2 Å². The monoisotopic (exact) mass is 476 g/mol. The molecule has 4 heterocycles. The zero-order valence-corrected chi connectivity index (χ0v) is 20.9. The van der Waals surface area contributed by atoms with Gasteiger partial charge in [-0.25, -0.2) is 14.6 Å². The summed E-state index contributed by atoms with van der Waals surface area (Å²) in [5, 5.41) is 4.64. The van der Waals surface area contributed by atoms with Gasteiger partial charge in [0.15, 0.2) is 0 Å². The quantitative estimate of drug-likeness (QED) is 0.539. The summed E-state index contributed by atoms with van der Waals surface area (Å²) in [6.45, 7) is 7.80. The van der Waals surface area contributed by atoms with Crippen LogP contribution in [-0.2, 0) is 0 Å². The molecule has 8 heteroatoms. The summed E-state index contributed by atoms with van der Waals surface area (Å²) in [5.74, 6) is 1.02. The predicted octanol–water partition coefficient (Wildman–Crippen LogP) is 4.59. The highest BCUT2D eigenvalue weighted by molar-refractivity contribution is 7.12. The van der Waals surface area contributed by atoms with Crippen LogP contribution in [0.2, 0.25) is 0 Å². The predicted molar refractivity (Wildman–Crippen MR) is 134 cm³/mol. The van der Waals surface area contributed by atoms with E-state index in [1.54, 1.807) is 23.7 Å². The standard InChI is InChI=1S/C26H32N6OS/c1-17-15-21(18(2)34-17)23-9-10-27-26(29-23)32-24(19-7-8-19)22(16-28-32)25(33)31-13-11-30(12-14-31)20-5-3-4-6-20/h9-10,15-16,19-20H,3-8,11-14H2,1-2H3. The first-order valence-electron chi connectivity index (χ1n) is 12.6. The summed E-state index contributed by atoms with van der Waals surface area (Å²) >= 11 is 1.78. The summed E-state index contributed by atoms with van der Waals surface area (Å²) < 4.78 is 1.82. The average molecular weight is 477 g/mol. The molecule has 2 aliphatic carbocycles. The van der Waals surface area contributed by atoms with E-state index in [9.17, 15) is 4.79 Å². The molecule has 0 aromatic carbocycles. The highest BCUT2D eigenvalue weighted by Gasteiger charge is 2.36. The van der Waals surface area contributed by atoms with E-state index in [0.717, 1.165) is 67.6 Å². The van der Waals surface area contributed by atoms with E-state index in [1.807, 2.05) is 15.6 Å². The van der Waals surface area contributed by atoms with Gasteiger partial charge in [-0.05, 0) is 51.7 Å². The first-order valence-corrected chi connectivity index (χ1v) is 13.4. The van der Waals surface area contributed by atoms with Crippen LogP contribution in [0.5, 0.6) is 0 Å². The van der Waals surface area contributed by atoms with Gasteiger partial charge in [0, 0.05) is 59.7 Å². The Morgan fingerprint density at radius 2 is 1.82 bits per heavy atom. The number of hydrogen-bond donors (Lipinski definition) is 0. The van der Waals surface area contributed by atoms with Crippen molar-refractivity contribution >= 4 is 17.2 Å². The second-order valence-electron chi connectivity index (χ2n) is 9.96. The van der Waals surface area contributed by atoms with Crippen molar-refractivity contribution in [3.05, 3.63) is 45.5 Å². The molecule has 0 bridgehead atoms. The normalized spacial score (nSPS) is 19.8. The number of thiophene rings is 1. The van der Waals surface area contributed by atoms with E-state index < -0.39 is 0 Å². The Bertz CT molecular complexity index is 1200. The second kappa shape index (κ2) is 8.89. The molecule has 3 aliphatic rings. The molecule has 0 N–H and O–H groups in total. The number of aryl methyl sites for hydroxylation is 2. The number of nitrogens with zero attached hydrogens (tertiary/aromatic N) is 6. The fourth-order valence-corrected chi connectivity index (χ4v) is 6.58. The van der Waals surface area contributed by atoms with Gasteiger partial charge in [0.2, 0.25) is 0 Å². The fraction of sp³-hybridized carbons (Fsp3) is 0.538. The van der Waals surface area contributed by atoms with Gasteiger partial charge in [-0.2, -0.15) is 5.10 Å². The molecule has 0 unspecified atom stereocenters. The molecule has 6 rings (SSSR count). The third-order valence-corrected chi connectivity index (χ3v) is 8.56. The van der Waals surface area contributed by atoms with Crippen LogP contribution in [0.25, 0.3) is 17.2 Å². The van der Waals surface area contributed by atoms with E-state index in [4.69, 9.17) is 4.98 Å². The van der Waals surface area contributed by atoms with Crippen molar-refractivity contribution in [1.29, 1.82) is 0 Å². The van der Waals surface area contributed by atoms with Crippen LogP contribution in [-0.4, -0.2) is 67.7 Å². The fourth-order valence-electron chi connectivity index (χ4n) is 5.65. The minimum atomic E-state index is 0.111. The van der Waals surface area contributed by atoms with E-state index in [2.05, 4.69) is 34.9 Å². The Morgan fingerprint density at radius 1 is 1.06 bits per heavy atom. The molecule has 178 valence electrons. The number of carbonyl (C=O) groups is 1. The van der Waals surface area contributed by atoms with Gasteiger partial charge in [-0.1, -0.05) is 12.8 Å². The van der Waals surface area contributed by atoms with Crippen LogP contribution in [0.4, 0.5) is 0 Å². The van der Waals surface area contributed by atoms with Crippen LogP contribution in [0.3, 0.4) is 0 Å². The van der Waals surface area contributed by atoms with Crippen LogP contribution >= 0.6 is 11.3 Å². The summed E-state index contributed by atoms with van der Waals surface area (Å²) in [7, 11) is 0. The first-order chi connectivity index (χ1) is 16.6.